The third kappa shape index (κ3) is 3.64. The molecule has 1 aromatic heterocycles. The first-order valence-electron chi connectivity index (χ1n) is 8.11. The molecule has 3 N–H and O–H groups in total. The van der Waals surface area contributed by atoms with Gasteiger partial charge in [-0.25, -0.2) is 9.48 Å². The maximum Gasteiger partial charge on any atom is 0.356 e. The third-order valence-corrected chi connectivity index (χ3v) is 4.10. The zero-order chi connectivity index (χ0) is 19.6. The van der Waals surface area contributed by atoms with E-state index in [0.717, 1.165) is 11.1 Å². The Morgan fingerprint density at radius 3 is 2.48 bits per heavy atom. The summed E-state index contributed by atoms with van der Waals surface area (Å²) in [5, 5.41) is 17.3. The molecule has 0 spiro atoms. The van der Waals surface area contributed by atoms with Crippen LogP contribution in [0.25, 0.3) is 0 Å². The normalized spacial score (nSPS) is 10.6. The van der Waals surface area contributed by atoms with Crippen LogP contribution in [-0.2, 0) is 6.54 Å². The maximum atomic E-state index is 12.8. The molecule has 8 nitrogen and oxygen atoms in total. The van der Waals surface area contributed by atoms with Crippen molar-refractivity contribution in [2.24, 2.45) is 0 Å². The molecule has 0 amide bonds. The minimum Gasteiger partial charge on any atom is -0.497 e. The molecule has 3 rings (SSSR count). The number of nitrogens with zero attached hydrogens (tertiary/aromatic N) is 3. The molecular formula is C19H18N4O4. The molecule has 0 radical (unpaired) electrons. The lowest BCUT2D eigenvalue weighted by Crippen LogP contribution is -2.16. The van der Waals surface area contributed by atoms with Crippen LogP contribution < -0.4 is 10.5 Å². The molecule has 0 saturated carbocycles. The number of carbonyl (C=O) groups excluding carboxylic acids is 1. The molecule has 27 heavy (non-hydrogen) atoms. The second-order valence-electron chi connectivity index (χ2n) is 6.02. The number of hydrogen-bond donors (Lipinski definition) is 2. The van der Waals surface area contributed by atoms with E-state index in [0.29, 0.717) is 5.75 Å². The first-order chi connectivity index (χ1) is 12.9. The largest absolute Gasteiger partial charge is 0.497 e. The molecule has 138 valence electrons. The van der Waals surface area contributed by atoms with Crippen LogP contribution in [0.4, 0.5) is 5.69 Å². The van der Waals surface area contributed by atoms with Crippen LogP contribution in [0, 0.1) is 6.92 Å². The van der Waals surface area contributed by atoms with E-state index in [-0.39, 0.29) is 29.2 Å². The molecule has 8 heteroatoms. The Morgan fingerprint density at radius 2 is 1.89 bits per heavy atom. The van der Waals surface area contributed by atoms with E-state index >= 15 is 0 Å². The summed E-state index contributed by atoms with van der Waals surface area (Å²) < 4.78 is 6.28. The van der Waals surface area contributed by atoms with Gasteiger partial charge in [-0.1, -0.05) is 23.4 Å². The molecule has 0 unspecified atom stereocenters. The minimum absolute atomic E-state index is 0.148. The van der Waals surface area contributed by atoms with Crippen molar-refractivity contribution in [3.05, 3.63) is 70.5 Å². The topological polar surface area (TPSA) is 120 Å². The highest BCUT2D eigenvalue weighted by Gasteiger charge is 2.27. The third-order valence-electron chi connectivity index (χ3n) is 4.10. The van der Waals surface area contributed by atoms with Crippen molar-refractivity contribution in [2.75, 3.05) is 12.8 Å². The number of nitrogen functional groups attached to an aromatic ring is 1. The molecule has 0 bridgehead atoms. The summed E-state index contributed by atoms with van der Waals surface area (Å²) in [4.78, 5) is 24.5. The van der Waals surface area contributed by atoms with Crippen molar-refractivity contribution in [2.45, 2.75) is 13.5 Å². The Kier molecular flexibility index (Phi) is 4.89. The summed E-state index contributed by atoms with van der Waals surface area (Å²) in [6.45, 7) is 1.99. The van der Waals surface area contributed by atoms with Crippen LogP contribution in [0.1, 0.15) is 37.7 Å². The predicted molar refractivity (Wildman–Crippen MR) is 98.1 cm³/mol. The number of nitrogens with two attached hydrogens (primary N) is 1. The van der Waals surface area contributed by atoms with Gasteiger partial charge in [-0.15, -0.1) is 5.10 Å². The number of anilines is 1. The monoisotopic (exact) mass is 366 g/mol. The molecule has 3 aromatic rings. The van der Waals surface area contributed by atoms with E-state index in [1.54, 1.807) is 49.6 Å². The van der Waals surface area contributed by atoms with Gasteiger partial charge in [0.2, 0.25) is 5.78 Å². The lowest BCUT2D eigenvalue weighted by molar-refractivity contribution is 0.0679. The fourth-order valence-electron chi connectivity index (χ4n) is 2.71. The second-order valence-corrected chi connectivity index (χ2v) is 6.02. The summed E-state index contributed by atoms with van der Waals surface area (Å²) >= 11 is 0. The molecule has 1 heterocycles. The summed E-state index contributed by atoms with van der Waals surface area (Å²) in [7, 11) is 1.56. The molecule has 0 aliphatic carbocycles. The van der Waals surface area contributed by atoms with E-state index in [4.69, 9.17) is 10.5 Å². The van der Waals surface area contributed by atoms with Crippen molar-refractivity contribution in [3.63, 3.8) is 0 Å². The van der Waals surface area contributed by atoms with E-state index in [2.05, 4.69) is 10.3 Å². The van der Waals surface area contributed by atoms with Crippen molar-refractivity contribution in [3.8, 4) is 5.75 Å². The maximum absolute atomic E-state index is 12.8. The van der Waals surface area contributed by atoms with E-state index in [9.17, 15) is 14.7 Å². The van der Waals surface area contributed by atoms with Gasteiger partial charge in [0.25, 0.3) is 0 Å². The predicted octanol–water partition coefficient (Wildman–Crippen LogP) is 2.15. The average molecular weight is 366 g/mol. The van der Waals surface area contributed by atoms with Crippen molar-refractivity contribution >= 4 is 17.4 Å². The van der Waals surface area contributed by atoms with Crippen molar-refractivity contribution in [1.29, 1.82) is 0 Å². The average Bonchev–Trinajstić information content (AvgIpc) is 3.05. The van der Waals surface area contributed by atoms with Gasteiger partial charge in [0.15, 0.2) is 11.4 Å². The Hall–Kier alpha value is -3.68. The zero-order valence-electron chi connectivity index (χ0n) is 14.8. The molecule has 0 aliphatic heterocycles. The van der Waals surface area contributed by atoms with Crippen LogP contribution in [0.3, 0.4) is 0 Å². The lowest BCUT2D eigenvalue weighted by atomic mass is 10.0. The quantitative estimate of drug-likeness (QED) is 0.506. The lowest BCUT2D eigenvalue weighted by Gasteiger charge is -2.07. The van der Waals surface area contributed by atoms with Gasteiger partial charge >= 0.3 is 5.97 Å². The van der Waals surface area contributed by atoms with Crippen LogP contribution in [0.2, 0.25) is 0 Å². The number of ether oxygens (including phenoxy) is 1. The highest BCUT2D eigenvalue weighted by molar-refractivity contribution is 6.14. The van der Waals surface area contributed by atoms with E-state index < -0.39 is 11.8 Å². The summed E-state index contributed by atoms with van der Waals surface area (Å²) in [5.74, 6) is -1.19. The van der Waals surface area contributed by atoms with E-state index in [1.807, 2.05) is 6.92 Å². The molecule has 0 aliphatic rings. The van der Waals surface area contributed by atoms with Gasteiger partial charge in [0, 0.05) is 11.3 Å². The van der Waals surface area contributed by atoms with Gasteiger partial charge in [-0.3, -0.25) is 4.79 Å². The Bertz CT molecular complexity index is 1010. The summed E-state index contributed by atoms with van der Waals surface area (Å²) in [6.07, 6.45) is 0. The number of aromatic carboxylic acids is 1. The van der Waals surface area contributed by atoms with Crippen LogP contribution in [-0.4, -0.2) is 39.0 Å². The standard InChI is InChI=1S/C19H18N4O4/c1-11-3-8-14(15(20)9-11)18(24)16-17(19(25)26)23(22-21-16)10-12-4-6-13(27-2)7-5-12/h3-9H,10,20H2,1-2H3,(H,25,26). The number of ketones is 1. The number of carboxylic acid groups (broad SMARTS) is 1. The Labute approximate surface area is 155 Å². The highest BCUT2D eigenvalue weighted by Crippen LogP contribution is 2.20. The van der Waals surface area contributed by atoms with Crippen LogP contribution >= 0.6 is 0 Å². The summed E-state index contributed by atoms with van der Waals surface area (Å²) in [5.41, 5.74) is 7.52. The molecule has 0 fully saturated rings. The fourth-order valence-corrected chi connectivity index (χ4v) is 2.71. The molecule has 0 saturated heterocycles. The van der Waals surface area contributed by atoms with Crippen molar-refractivity contribution < 1.29 is 19.4 Å². The smallest absolute Gasteiger partial charge is 0.356 e. The first-order valence-corrected chi connectivity index (χ1v) is 8.11. The van der Waals surface area contributed by atoms with Crippen LogP contribution in [0.15, 0.2) is 42.5 Å². The Balaban J connectivity index is 1.97. The van der Waals surface area contributed by atoms with Gasteiger partial charge in [-0.05, 0) is 42.3 Å². The number of carbonyl (C=O) groups is 2. The zero-order valence-corrected chi connectivity index (χ0v) is 14.8. The second kappa shape index (κ2) is 7.28. The Morgan fingerprint density at radius 1 is 1.19 bits per heavy atom. The number of benzene rings is 2. The van der Waals surface area contributed by atoms with E-state index in [1.165, 1.54) is 4.68 Å². The number of carboxylic acids is 1. The van der Waals surface area contributed by atoms with Gasteiger partial charge in [-0.2, -0.15) is 0 Å². The molecule has 2 aromatic carbocycles. The molecular weight excluding hydrogens is 348 g/mol. The molecule has 0 atom stereocenters. The SMILES string of the molecule is COc1ccc(Cn2nnc(C(=O)c3ccc(C)cc3N)c2C(=O)O)cc1. The minimum atomic E-state index is -1.29. The number of rotatable bonds is 6. The van der Waals surface area contributed by atoms with Crippen molar-refractivity contribution in [1.82, 2.24) is 15.0 Å². The highest BCUT2D eigenvalue weighted by atomic mass is 16.5. The van der Waals surface area contributed by atoms with Gasteiger partial charge in [0.1, 0.15) is 5.75 Å². The summed E-state index contributed by atoms with van der Waals surface area (Å²) in [6, 6.07) is 12.0. The van der Waals surface area contributed by atoms with Crippen LogP contribution in [0.5, 0.6) is 5.75 Å². The number of hydrogen-bond acceptors (Lipinski definition) is 6. The number of aryl methyl sites for hydroxylation is 1. The number of aromatic nitrogens is 3. The van der Waals surface area contributed by atoms with Gasteiger partial charge < -0.3 is 15.6 Å². The first kappa shape index (κ1) is 18.1. The van der Waals surface area contributed by atoms with Gasteiger partial charge in [0.05, 0.1) is 13.7 Å². The fraction of sp³-hybridized carbons (Fsp3) is 0.158. The number of methoxy groups -OCH3 is 1.